The number of hydrogen-bond donors (Lipinski definition) is 0. The van der Waals surface area contributed by atoms with Crippen LogP contribution in [0.3, 0.4) is 0 Å². The Hall–Kier alpha value is -1.55. The van der Waals surface area contributed by atoms with Crippen molar-refractivity contribution in [3.63, 3.8) is 0 Å². The minimum Gasteiger partial charge on any atom is -0.488 e. The lowest BCUT2D eigenvalue weighted by molar-refractivity contribution is 0.00707. The fraction of sp³-hybridized carbons (Fsp3) is 0.562. The van der Waals surface area contributed by atoms with Crippen LogP contribution in [0.5, 0.6) is 11.5 Å². The van der Waals surface area contributed by atoms with Crippen LogP contribution in [0.15, 0.2) is 18.2 Å². The Labute approximate surface area is 119 Å². The normalized spacial score (nSPS) is 24.7. The standard InChI is InChI=1S/C16H20O4/c1-16(2)9-14(17)13-6-5-11(8-15(13)20-16)19-12-4-3-7-18-10-12/h5-6,8,12H,3-4,7,9-10H2,1-2H3. The third-order valence-corrected chi connectivity index (χ3v) is 3.65. The maximum absolute atomic E-state index is 12.1. The van der Waals surface area contributed by atoms with Crippen LogP contribution in [0.4, 0.5) is 0 Å². The van der Waals surface area contributed by atoms with Gasteiger partial charge in [-0.15, -0.1) is 0 Å². The van der Waals surface area contributed by atoms with Crippen LogP contribution in [0.25, 0.3) is 0 Å². The number of ether oxygens (including phenoxy) is 3. The summed E-state index contributed by atoms with van der Waals surface area (Å²) >= 11 is 0. The monoisotopic (exact) mass is 276 g/mol. The van der Waals surface area contributed by atoms with Crippen LogP contribution in [0.1, 0.15) is 43.5 Å². The summed E-state index contributed by atoms with van der Waals surface area (Å²) in [5, 5.41) is 0. The molecule has 2 aliphatic heterocycles. The van der Waals surface area contributed by atoms with Gasteiger partial charge in [-0.1, -0.05) is 0 Å². The first kappa shape index (κ1) is 13.4. The number of Topliss-reactive ketones (excluding diaryl/α,β-unsaturated/α-hetero) is 1. The maximum Gasteiger partial charge on any atom is 0.170 e. The molecule has 0 spiro atoms. The van der Waals surface area contributed by atoms with Crippen molar-refractivity contribution in [2.75, 3.05) is 13.2 Å². The maximum atomic E-state index is 12.1. The van der Waals surface area contributed by atoms with Gasteiger partial charge in [0.2, 0.25) is 0 Å². The Balaban J connectivity index is 1.79. The fourth-order valence-corrected chi connectivity index (χ4v) is 2.70. The van der Waals surface area contributed by atoms with Crippen molar-refractivity contribution >= 4 is 5.78 Å². The number of carbonyl (C=O) groups excluding carboxylic acids is 1. The molecule has 4 nitrogen and oxygen atoms in total. The molecule has 0 aromatic heterocycles. The van der Waals surface area contributed by atoms with Crippen molar-refractivity contribution in [1.29, 1.82) is 0 Å². The van der Waals surface area contributed by atoms with Crippen LogP contribution >= 0.6 is 0 Å². The smallest absolute Gasteiger partial charge is 0.170 e. The molecule has 0 N–H and O–H groups in total. The predicted octanol–water partition coefficient (Wildman–Crippen LogP) is 2.99. The van der Waals surface area contributed by atoms with Gasteiger partial charge >= 0.3 is 0 Å². The molecular weight excluding hydrogens is 256 g/mol. The van der Waals surface area contributed by atoms with Gasteiger partial charge in [-0.2, -0.15) is 0 Å². The summed E-state index contributed by atoms with van der Waals surface area (Å²) in [5.41, 5.74) is 0.202. The van der Waals surface area contributed by atoms with Crippen molar-refractivity contribution in [3.05, 3.63) is 23.8 Å². The summed E-state index contributed by atoms with van der Waals surface area (Å²) in [6, 6.07) is 5.46. The lowest BCUT2D eigenvalue weighted by atomic mass is 9.93. The topological polar surface area (TPSA) is 44.8 Å². The van der Waals surface area contributed by atoms with Crippen LogP contribution < -0.4 is 9.47 Å². The van der Waals surface area contributed by atoms with E-state index in [-0.39, 0.29) is 11.9 Å². The molecule has 1 aromatic rings. The molecule has 0 bridgehead atoms. The Morgan fingerprint density at radius 2 is 2.20 bits per heavy atom. The van der Waals surface area contributed by atoms with Crippen LogP contribution in [-0.2, 0) is 4.74 Å². The summed E-state index contributed by atoms with van der Waals surface area (Å²) in [6.45, 7) is 5.30. The average Bonchev–Trinajstić information content (AvgIpc) is 2.38. The van der Waals surface area contributed by atoms with E-state index in [9.17, 15) is 4.79 Å². The zero-order valence-electron chi connectivity index (χ0n) is 12.0. The molecule has 1 atom stereocenters. The molecule has 1 aromatic carbocycles. The molecule has 3 rings (SSSR count). The Morgan fingerprint density at radius 1 is 1.35 bits per heavy atom. The molecule has 4 heteroatoms. The van der Waals surface area contributed by atoms with E-state index >= 15 is 0 Å². The second kappa shape index (κ2) is 5.09. The van der Waals surface area contributed by atoms with Gasteiger partial charge in [-0.3, -0.25) is 4.79 Å². The van der Waals surface area contributed by atoms with E-state index in [1.165, 1.54) is 0 Å². The quantitative estimate of drug-likeness (QED) is 0.833. The largest absolute Gasteiger partial charge is 0.488 e. The second-order valence-corrected chi connectivity index (χ2v) is 6.08. The predicted molar refractivity (Wildman–Crippen MR) is 74.6 cm³/mol. The third-order valence-electron chi connectivity index (χ3n) is 3.65. The van der Waals surface area contributed by atoms with Gasteiger partial charge in [-0.25, -0.2) is 0 Å². The van der Waals surface area contributed by atoms with E-state index < -0.39 is 5.60 Å². The molecule has 2 aliphatic rings. The summed E-state index contributed by atoms with van der Waals surface area (Å²) in [5.74, 6) is 1.49. The summed E-state index contributed by atoms with van der Waals surface area (Å²) in [6.07, 6.45) is 2.53. The lowest BCUT2D eigenvalue weighted by Crippen LogP contribution is -2.36. The van der Waals surface area contributed by atoms with Crippen molar-refractivity contribution in [2.45, 2.75) is 44.8 Å². The van der Waals surface area contributed by atoms with Gasteiger partial charge < -0.3 is 14.2 Å². The molecule has 0 radical (unpaired) electrons. The number of carbonyl (C=O) groups is 1. The molecule has 0 saturated carbocycles. The highest BCUT2D eigenvalue weighted by molar-refractivity contribution is 6.00. The van der Waals surface area contributed by atoms with E-state index in [1.54, 1.807) is 6.07 Å². The van der Waals surface area contributed by atoms with Crippen molar-refractivity contribution in [3.8, 4) is 11.5 Å². The average molecular weight is 276 g/mol. The number of ketones is 1. The number of hydrogen-bond acceptors (Lipinski definition) is 4. The van der Waals surface area contributed by atoms with Gasteiger partial charge in [0.05, 0.1) is 18.6 Å². The van der Waals surface area contributed by atoms with E-state index in [4.69, 9.17) is 14.2 Å². The minimum absolute atomic E-state index is 0.0918. The van der Waals surface area contributed by atoms with E-state index in [2.05, 4.69) is 0 Å². The first-order chi connectivity index (χ1) is 9.53. The minimum atomic E-state index is -0.448. The second-order valence-electron chi connectivity index (χ2n) is 6.08. The molecule has 20 heavy (non-hydrogen) atoms. The van der Waals surface area contributed by atoms with Gasteiger partial charge in [0, 0.05) is 12.7 Å². The molecule has 1 fully saturated rings. The van der Waals surface area contributed by atoms with Crippen molar-refractivity contribution < 1.29 is 19.0 Å². The summed E-state index contributed by atoms with van der Waals surface area (Å²) < 4.78 is 17.2. The molecule has 1 unspecified atom stereocenters. The molecule has 2 heterocycles. The SMILES string of the molecule is CC1(C)CC(=O)c2ccc(OC3CCCOC3)cc2O1. The highest BCUT2D eigenvalue weighted by Gasteiger charge is 2.32. The molecule has 108 valence electrons. The van der Waals surface area contributed by atoms with Crippen LogP contribution in [-0.4, -0.2) is 30.7 Å². The molecule has 0 amide bonds. The van der Waals surface area contributed by atoms with E-state index in [0.29, 0.717) is 24.3 Å². The fourth-order valence-electron chi connectivity index (χ4n) is 2.70. The highest BCUT2D eigenvalue weighted by atomic mass is 16.5. The third kappa shape index (κ3) is 2.80. The lowest BCUT2D eigenvalue weighted by Gasteiger charge is -2.32. The number of benzene rings is 1. The summed E-state index contributed by atoms with van der Waals surface area (Å²) in [4.78, 5) is 12.1. The zero-order valence-corrected chi connectivity index (χ0v) is 12.0. The Kier molecular flexibility index (Phi) is 3.42. The van der Waals surface area contributed by atoms with Crippen LogP contribution in [0.2, 0.25) is 0 Å². The van der Waals surface area contributed by atoms with E-state index in [1.807, 2.05) is 26.0 Å². The summed E-state index contributed by atoms with van der Waals surface area (Å²) in [7, 11) is 0. The first-order valence-electron chi connectivity index (χ1n) is 7.14. The number of rotatable bonds is 2. The molecule has 0 aliphatic carbocycles. The molecule has 1 saturated heterocycles. The van der Waals surface area contributed by atoms with Gasteiger partial charge in [0.25, 0.3) is 0 Å². The highest BCUT2D eigenvalue weighted by Crippen LogP contribution is 2.35. The Morgan fingerprint density at radius 3 is 2.95 bits per heavy atom. The van der Waals surface area contributed by atoms with Gasteiger partial charge in [0.15, 0.2) is 5.78 Å². The van der Waals surface area contributed by atoms with Gasteiger partial charge in [-0.05, 0) is 38.8 Å². The van der Waals surface area contributed by atoms with E-state index in [0.717, 1.165) is 25.2 Å². The van der Waals surface area contributed by atoms with Crippen molar-refractivity contribution in [1.82, 2.24) is 0 Å². The molecular formula is C16H20O4. The zero-order chi connectivity index (χ0) is 14.2. The number of fused-ring (bicyclic) bond motifs is 1. The Bertz CT molecular complexity index is 515. The van der Waals surface area contributed by atoms with Crippen molar-refractivity contribution in [2.24, 2.45) is 0 Å². The first-order valence-corrected chi connectivity index (χ1v) is 7.14. The van der Waals surface area contributed by atoms with Crippen LogP contribution in [0, 0.1) is 0 Å². The van der Waals surface area contributed by atoms with Gasteiger partial charge in [0.1, 0.15) is 23.2 Å².